The van der Waals surface area contributed by atoms with Gasteiger partial charge in [0.1, 0.15) is 0 Å². The summed E-state index contributed by atoms with van der Waals surface area (Å²) in [7, 11) is 0. The van der Waals surface area contributed by atoms with Gasteiger partial charge in [0.05, 0.1) is 5.54 Å². The zero-order valence-corrected chi connectivity index (χ0v) is 11.7. The van der Waals surface area contributed by atoms with Gasteiger partial charge < -0.3 is 10.2 Å². The maximum atomic E-state index is 12.5. The van der Waals surface area contributed by atoms with Crippen molar-refractivity contribution in [3.63, 3.8) is 0 Å². The molecule has 0 radical (unpaired) electrons. The van der Waals surface area contributed by atoms with Gasteiger partial charge in [0, 0.05) is 12.2 Å². The van der Waals surface area contributed by atoms with Crippen LogP contribution >= 0.6 is 0 Å². The number of nitrogens with zero attached hydrogens (tertiary/aromatic N) is 1. The Kier molecular flexibility index (Phi) is 3.44. The third-order valence-corrected chi connectivity index (χ3v) is 3.71. The molecule has 0 aliphatic carbocycles. The van der Waals surface area contributed by atoms with Crippen LogP contribution in [0.3, 0.4) is 0 Å². The van der Waals surface area contributed by atoms with Crippen LogP contribution in [0.25, 0.3) is 0 Å². The molecule has 3 nitrogen and oxygen atoms in total. The van der Waals surface area contributed by atoms with Crippen molar-refractivity contribution in [3.8, 4) is 0 Å². The molecule has 1 aromatic rings. The summed E-state index contributed by atoms with van der Waals surface area (Å²) in [6.07, 6.45) is 0.988. The Morgan fingerprint density at radius 1 is 1.22 bits per heavy atom. The first-order valence-electron chi connectivity index (χ1n) is 6.56. The van der Waals surface area contributed by atoms with Gasteiger partial charge in [0.2, 0.25) is 5.91 Å². The number of benzene rings is 1. The third-order valence-electron chi connectivity index (χ3n) is 3.71. The van der Waals surface area contributed by atoms with Crippen molar-refractivity contribution < 1.29 is 4.79 Å². The van der Waals surface area contributed by atoms with E-state index in [4.69, 9.17) is 0 Å². The lowest BCUT2D eigenvalue weighted by atomic mass is 10.0. The molecule has 1 aliphatic heterocycles. The number of anilines is 1. The van der Waals surface area contributed by atoms with E-state index in [1.165, 1.54) is 11.1 Å². The average molecular weight is 246 g/mol. The van der Waals surface area contributed by atoms with Crippen LogP contribution in [-0.2, 0) is 4.79 Å². The summed E-state index contributed by atoms with van der Waals surface area (Å²) in [6.45, 7) is 9.76. The monoisotopic (exact) mass is 246 g/mol. The molecule has 0 atom stereocenters. The fourth-order valence-electron chi connectivity index (χ4n) is 2.29. The number of carbonyl (C=O) groups is 1. The topological polar surface area (TPSA) is 32.3 Å². The lowest BCUT2D eigenvalue weighted by Crippen LogP contribution is -2.51. The zero-order chi connectivity index (χ0) is 13.3. The van der Waals surface area contributed by atoms with Crippen molar-refractivity contribution in [2.75, 3.05) is 18.0 Å². The SMILES string of the molecule is Cc1ccc(N2CCCNC(C)(C)C2=O)cc1C. The Labute approximate surface area is 109 Å². The number of amides is 1. The van der Waals surface area contributed by atoms with Crippen molar-refractivity contribution in [2.24, 2.45) is 0 Å². The number of hydrogen-bond acceptors (Lipinski definition) is 2. The van der Waals surface area contributed by atoms with Gasteiger partial charge in [-0.15, -0.1) is 0 Å². The highest BCUT2D eigenvalue weighted by atomic mass is 16.2. The van der Waals surface area contributed by atoms with Crippen molar-refractivity contribution >= 4 is 11.6 Å². The molecule has 2 rings (SSSR count). The highest BCUT2D eigenvalue weighted by Crippen LogP contribution is 2.23. The fourth-order valence-corrected chi connectivity index (χ4v) is 2.29. The summed E-state index contributed by atoms with van der Waals surface area (Å²) in [5.41, 5.74) is 3.03. The van der Waals surface area contributed by atoms with Gasteiger partial charge in [0.25, 0.3) is 0 Å². The van der Waals surface area contributed by atoms with Gasteiger partial charge >= 0.3 is 0 Å². The van der Waals surface area contributed by atoms with Crippen LogP contribution in [0.4, 0.5) is 5.69 Å². The van der Waals surface area contributed by atoms with E-state index in [2.05, 4.69) is 31.3 Å². The summed E-state index contributed by atoms with van der Waals surface area (Å²) >= 11 is 0. The lowest BCUT2D eigenvalue weighted by molar-refractivity contribution is -0.123. The molecule has 1 fully saturated rings. The lowest BCUT2D eigenvalue weighted by Gasteiger charge is -2.29. The smallest absolute Gasteiger partial charge is 0.246 e. The van der Waals surface area contributed by atoms with Gasteiger partial charge in [-0.1, -0.05) is 6.07 Å². The van der Waals surface area contributed by atoms with Crippen LogP contribution in [0, 0.1) is 13.8 Å². The molecular weight excluding hydrogens is 224 g/mol. The number of carbonyl (C=O) groups excluding carboxylic acids is 1. The highest BCUT2D eigenvalue weighted by molar-refractivity contribution is 6.00. The second-order valence-corrected chi connectivity index (χ2v) is 5.63. The summed E-state index contributed by atoms with van der Waals surface area (Å²) in [4.78, 5) is 14.4. The first-order chi connectivity index (χ1) is 8.42. The predicted molar refractivity (Wildman–Crippen MR) is 75.0 cm³/mol. The standard InChI is InChI=1S/C15H22N2O/c1-11-6-7-13(10-12(11)2)17-9-5-8-16-15(3,4)14(17)18/h6-7,10,16H,5,8-9H2,1-4H3. The minimum absolute atomic E-state index is 0.156. The molecule has 3 heteroatoms. The van der Waals surface area contributed by atoms with Gasteiger partial charge in [0.15, 0.2) is 0 Å². The summed E-state index contributed by atoms with van der Waals surface area (Å²) < 4.78 is 0. The zero-order valence-electron chi connectivity index (χ0n) is 11.7. The van der Waals surface area contributed by atoms with Gasteiger partial charge in [-0.3, -0.25) is 4.79 Å². The van der Waals surface area contributed by atoms with E-state index < -0.39 is 5.54 Å². The van der Waals surface area contributed by atoms with Crippen LogP contribution in [-0.4, -0.2) is 24.5 Å². The van der Waals surface area contributed by atoms with Gasteiger partial charge in [-0.05, 0) is 63.9 Å². The molecule has 1 saturated heterocycles. The third kappa shape index (κ3) is 2.41. The van der Waals surface area contributed by atoms with E-state index in [-0.39, 0.29) is 5.91 Å². The maximum Gasteiger partial charge on any atom is 0.246 e. The van der Waals surface area contributed by atoms with Gasteiger partial charge in [-0.2, -0.15) is 0 Å². The van der Waals surface area contributed by atoms with Crippen molar-refractivity contribution in [2.45, 2.75) is 39.7 Å². The molecule has 18 heavy (non-hydrogen) atoms. The largest absolute Gasteiger partial charge is 0.311 e. The average Bonchev–Trinajstić information content (AvgIpc) is 2.44. The van der Waals surface area contributed by atoms with Crippen molar-refractivity contribution in [3.05, 3.63) is 29.3 Å². The van der Waals surface area contributed by atoms with Crippen molar-refractivity contribution in [1.82, 2.24) is 5.32 Å². The molecule has 1 amide bonds. The number of aryl methyl sites for hydroxylation is 2. The fraction of sp³-hybridized carbons (Fsp3) is 0.533. The van der Waals surface area contributed by atoms with E-state index in [0.29, 0.717) is 0 Å². The molecule has 0 unspecified atom stereocenters. The van der Waals surface area contributed by atoms with Crippen LogP contribution in [0.2, 0.25) is 0 Å². The second-order valence-electron chi connectivity index (χ2n) is 5.63. The molecule has 1 N–H and O–H groups in total. The van der Waals surface area contributed by atoms with E-state index in [1.54, 1.807) is 0 Å². The Morgan fingerprint density at radius 3 is 2.61 bits per heavy atom. The first-order valence-corrected chi connectivity index (χ1v) is 6.56. The second kappa shape index (κ2) is 4.73. The molecular formula is C15H22N2O. The van der Waals surface area contributed by atoms with Crippen LogP contribution in [0.5, 0.6) is 0 Å². The Hall–Kier alpha value is -1.35. The minimum Gasteiger partial charge on any atom is -0.311 e. The minimum atomic E-state index is -0.477. The van der Waals surface area contributed by atoms with Crippen LogP contribution in [0.1, 0.15) is 31.4 Å². The normalized spacial score (nSPS) is 19.8. The number of hydrogen-bond donors (Lipinski definition) is 1. The molecule has 0 aromatic heterocycles. The van der Waals surface area contributed by atoms with E-state index in [9.17, 15) is 4.79 Å². The summed E-state index contributed by atoms with van der Waals surface area (Å²) in [5.74, 6) is 0.156. The molecule has 1 heterocycles. The quantitative estimate of drug-likeness (QED) is 0.825. The molecule has 98 valence electrons. The first kappa shape index (κ1) is 13.1. The van der Waals surface area contributed by atoms with Gasteiger partial charge in [-0.25, -0.2) is 0 Å². The highest BCUT2D eigenvalue weighted by Gasteiger charge is 2.34. The van der Waals surface area contributed by atoms with E-state index in [0.717, 1.165) is 25.2 Å². The van der Waals surface area contributed by atoms with Crippen LogP contribution in [0.15, 0.2) is 18.2 Å². The Bertz CT molecular complexity index is 466. The summed E-state index contributed by atoms with van der Waals surface area (Å²) in [5, 5.41) is 3.31. The maximum absolute atomic E-state index is 12.5. The summed E-state index contributed by atoms with van der Waals surface area (Å²) in [6, 6.07) is 6.24. The molecule has 1 aliphatic rings. The van der Waals surface area contributed by atoms with E-state index in [1.807, 2.05) is 24.8 Å². The molecule has 0 spiro atoms. The predicted octanol–water partition coefficient (Wildman–Crippen LogP) is 2.41. The molecule has 0 saturated carbocycles. The van der Waals surface area contributed by atoms with Crippen LogP contribution < -0.4 is 10.2 Å². The Balaban J connectivity index is 2.35. The number of nitrogens with one attached hydrogen (secondary N) is 1. The number of rotatable bonds is 1. The molecule has 1 aromatic carbocycles. The van der Waals surface area contributed by atoms with E-state index >= 15 is 0 Å². The van der Waals surface area contributed by atoms with Crippen molar-refractivity contribution in [1.29, 1.82) is 0 Å². The molecule has 0 bridgehead atoms. The Morgan fingerprint density at radius 2 is 1.94 bits per heavy atom.